The molecular weight excluding hydrogens is 963 g/mol. The zero-order chi connectivity index (χ0) is 53.2. The van der Waals surface area contributed by atoms with E-state index in [4.69, 9.17) is 8.57 Å². The molecule has 4 atom stereocenters. The molecular formula is C41H63N13O14S2. The van der Waals surface area contributed by atoms with Crippen LogP contribution in [0.25, 0.3) is 0 Å². The van der Waals surface area contributed by atoms with Gasteiger partial charge in [0.1, 0.15) is 23.8 Å². The number of amidine groups is 2. The lowest BCUT2D eigenvalue weighted by Crippen LogP contribution is -2.70. The first-order valence-corrected chi connectivity index (χ1v) is 25.0. The van der Waals surface area contributed by atoms with Crippen molar-refractivity contribution < 1.29 is 63.6 Å². The third kappa shape index (κ3) is 7.87. The fraction of sp³-hybridized carbons (Fsp3) is 0.683. The molecule has 0 spiro atoms. The summed E-state index contributed by atoms with van der Waals surface area (Å²) in [6, 6.07) is -9.82. The molecule has 29 heteroatoms. The lowest BCUT2D eigenvalue weighted by Gasteiger charge is -2.63. The summed E-state index contributed by atoms with van der Waals surface area (Å²) in [5.41, 5.74) is -9.92. The SMILES string of the molecule is CCNC(=O)n1ncc2c1C(C(C(=N)N(C(=N)C(C1c3c(cnn3C(=O)NCC)[C@H]3CN1C(=O)N3OS(=O)(=O)O)(C(C)(C)C)C(C)(C)C)C(=O)O)(C(C)(C)C)C(C)(C)C)N1CC2N(OS(=O)(=O)O)C1=O. The van der Waals surface area contributed by atoms with Gasteiger partial charge in [0.2, 0.25) is 0 Å². The zero-order valence-electron chi connectivity index (χ0n) is 41.5. The van der Waals surface area contributed by atoms with E-state index in [0.717, 1.165) is 19.2 Å². The van der Waals surface area contributed by atoms with Crippen LogP contribution in [-0.2, 0) is 29.4 Å². The number of nitrogens with one attached hydrogen (secondary N) is 4. The second-order valence-electron chi connectivity index (χ2n) is 21.8. The molecule has 0 aromatic carbocycles. The van der Waals surface area contributed by atoms with Gasteiger partial charge >= 0.3 is 51.0 Å². The highest BCUT2D eigenvalue weighted by Crippen LogP contribution is 2.68. The third-order valence-corrected chi connectivity index (χ3v) is 14.7. The number of carbonyl (C=O) groups is 5. The number of nitrogens with zero attached hydrogens (tertiary/aromatic N) is 9. The van der Waals surface area contributed by atoms with Crippen LogP contribution in [0.4, 0.5) is 24.0 Å². The zero-order valence-corrected chi connectivity index (χ0v) is 43.1. The van der Waals surface area contributed by atoms with E-state index < -0.39 is 119 Å². The van der Waals surface area contributed by atoms with E-state index in [0.29, 0.717) is 15.0 Å². The summed E-state index contributed by atoms with van der Waals surface area (Å²) in [6.07, 6.45) is 0.511. The molecule has 7 amide bonds. The van der Waals surface area contributed by atoms with Gasteiger partial charge in [0, 0.05) is 24.2 Å². The fourth-order valence-corrected chi connectivity index (χ4v) is 13.2. The predicted molar refractivity (Wildman–Crippen MR) is 246 cm³/mol. The Labute approximate surface area is 405 Å². The monoisotopic (exact) mass is 1030 g/mol. The maximum Gasteiger partial charge on any atom is 0.418 e. The van der Waals surface area contributed by atoms with Gasteiger partial charge in [-0.2, -0.15) is 46.5 Å². The second-order valence-corrected chi connectivity index (χ2v) is 23.8. The van der Waals surface area contributed by atoms with Crippen LogP contribution in [-0.4, -0.2) is 144 Å². The summed E-state index contributed by atoms with van der Waals surface area (Å²) in [6.45, 7) is 22.6. The van der Waals surface area contributed by atoms with E-state index in [1.165, 1.54) is 12.4 Å². The number of hydrogen-bond donors (Lipinski definition) is 7. The molecule has 2 aromatic heterocycles. The molecule has 2 saturated heterocycles. The van der Waals surface area contributed by atoms with E-state index in [9.17, 15) is 65.8 Å². The molecule has 70 heavy (non-hydrogen) atoms. The van der Waals surface area contributed by atoms with Gasteiger partial charge in [0.05, 0.1) is 59.8 Å². The number of urea groups is 2. The number of carbonyl (C=O) groups excluding carboxylic acids is 4. The van der Waals surface area contributed by atoms with E-state index in [1.807, 2.05) is 0 Å². The van der Waals surface area contributed by atoms with Crippen LogP contribution in [0.15, 0.2) is 12.4 Å². The number of rotatable bonds is 10. The van der Waals surface area contributed by atoms with Crippen molar-refractivity contribution in [1.82, 2.24) is 55.0 Å². The highest BCUT2D eigenvalue weighted by atomic mass is 32.3. The highest BCUT2D eigenvalue weighted by Gasteiger charge is 2.72. The molecule has 0 radical (unpaired) electrons. The maximum absolute atomic E-state index is 14.7. The minimum Gasteiger partial charge on any atom is -0.464 e. The van der Waals surface area contributed by atoms with Crippen LogP contribution in [0.1, 0.15) is 144 Å². The van der Waals surface area contributed by atoms with Crippen LogP contribution in [0.3, 0.4) is 0 Å². The number of hydrogen-bond acceptors (Lipinski definition) is 15. The highest BCUT2D eigenvalue weighted by molar-refractivity contribution is 7.81. The van der Waals surface area contributed by atoms with Crippen molar-refractivity contribution in [1.29, 1.82) is 10.8 Å². The summed E-state index contributed by atoms with van der Waals surface area (Å²) in [7, 11) is -10.7. The number of amides is 7. The summed E-state index contributed by atoms with van der Waals surface area (Å²) >= 11 is 0. The fourth-order valence-electron chi connectivity index (χ4n) is 12.4. The quantitative estimate of drug-likeness (QED) is 0.0917. The van der Waals surface area contributed by atoms with E-state index in [1.54, 1.807) is 96.9 Å². The van der Waals surface area contributed by atoms with E-state index in [-0.39, 0.29) is 48.7 Å². The van der Waals surface area contributed by atoms with Crippen molar-refractivity contribution in [2.75, 3.05) is 26.2 Å². The minimum absolute atomic E-state index is 0.0514. The van der Waals surface area contributed by atoms with Crippen molar-refractivity contribution in [2.45, 2.75) is 121 Å². The topological polar surface area (TPSA) is 356 Å². The van der Waals surface area contributed by atoms with Gasteiger partial charge in [-0.15, -0.1) is 8.57 Å². The first kappa shape index (κ1) is 53.6. The summed E-state index contributed by atoms with van der Waals surface area (Å²) in [4.78, 5) is 74.7. The smallest absolute Gasteiger partial charge is 0.418 e. The normalized spacial score (nSPS) is 20.9. The van der Waals surface area contributed by atoms with Gasteiger partial charge in [-0.3, -0.25) is 19.9 Å². The Morgan fingerprint density at radius 3 is 1.20 bits per heavy atom. The van der Waals surface area contributed by atoms with Crippen molar-refractivity contribution in [2.24, 2.45) is 32.5 Å². The molecule has 7 N–H and O–H groups in total. The molecule has 4 aliphatic heterocycles. The Morgan fingerprint density at radius 1 is 0.657 bits per heavy atom. The Hall–Kier alpha value is -5.75. The molecule has 2 fully saturated rings. The van der Waals surface area contributed by atoms with E-state index >= 15 is 0 Å². The number of fused-ring (bicyclic) bond motifs is 8. The average Bonchev–Trinajstić information content (AvgIpc) is 3.93. The number of aromatic nitrogens is 4. The van der Waals surface area contributed by atoms with E-state index in [2.05, 4.69) is 20.8 Å². The first-order valence-electron chi connectivity index (χ1n) is 22.3. The molecule has 2 aromatic rings. The van der Waals surface area contributed by atoms with Gasteiger partial charge in [0.15, 0.2) is 0 Å². The van der Waals surface area contributed by atoms with Crippen molar-refractivity contribution in [3.63, 3.8) is 0 Å². The summed E-state index contributed by atoms with van der Waals surface area (Å²) in [5.74, 6) is -1.67. The third-order valence-electron chi connectivity index (χ3n) is 14.0. The standard InChI is InChI=1S/C41H63N13O14S2/c1-15-44-31(55)51-25-21(17-46-51)23-19-48(33(57)53(23)67-69(61,62)63)27(25)40(36(3,4)5,37(6,7)8)29(42)50(35(59)60)30(43)41(38(9,10)11,39(12,13)14)28-26-22(18-47-52(26)32(56)45-16-2)24-20-49(28)34(58)54(24)68-70(64,65)66/h17-18,23-24,27-28,42-43H,15-16,19-20H2,1-14H3,(H,44,55)(H,45,56)(H,59,60)(H,61,62,63)(H,64,65,66)/t23-,24?,27?,28?/m1/s1. The van der Waals surface area contributed by atoms with Gasteiger partial charge in [-0.25, -0.2) is 28.9 Å². The van der Waals surface area contributed by atoms with Gasteiger partial charge in [0.25, 0.3) is 0 Å². The molecule has 6 rings (SSSR count). The molecule has 27 nitrogen and oxygen atoms in total. The Morgan fingerprint density at radius 2 is 0.957 bits per heavy atom. The van der Waals surface area contributed by atoms with Crippen LogP contribution >= 0.6 is 0 Å². The van der Waals surface area contributed by atoms with Crippen molar-refractivity contribution in [3.8, 4) is 0 Å². The number of carboxylic acid groups (broad SMARTS) is 1. The summed E-state index contributed by atoms with van der Waals surface area (Å²) < 4.78 is 80.4. The van der Waals surface area contributed by atoms with Crippen LogP contribution in [0.2, 0.25) is 0 Å². The Bertz CT molecular complexity index is 2570. The molecule has 4 bridgehead atoms. The average molecular weight is 1030 g/mol. The largest absolute Gasteiger partial charge is 0.464 e. The first-order chi connectivity index (χ1) is 31.8. The Kier molecular flexibility index (Phi) is 13.0. The maximum atomic E-state index is 14.7. The molecule has 388 valence electrons. The molecule has 0 saturated carbocycles. The van der Waals surface area contributed by atoms with Crippen LogP contribution < -0.4 is 10.6 Å². The predicted octanol–water partition coefficient (Wildman–Crippen LogP) is 5.16. The van der Waals surface area contributed by atoms with Gasteiger partial charge in [-0.1, -0.05) is 83.1 Å². The van der Waals surface area contributed by atoms with Crippen LogP contribution in [0.5, 0.6) is 0 Å². The molecule has 4 aliphatic rings. The Balaban J connectivity index is 1.73. The van der Waals surface area contributed by atoms with Crippen LogP contribution in [0, 0.1) is 43.3 Å². The minimum atomic E-state index is -5.36. The van der Waals surface area contributed by atoms with Gasteiger partial charge < -0.3 is 25.5 Å². The molecule has 3 unspecified atom stereocenters. The molecule has 6 heterocycles. The van der Waals surface area contributed by atoms with Crippen molar-refractivity contribution in [3.05, 3.63) is 34.9 Å². The second kappa shape index (κ2) is 16.9. The van der Waals surface area contributed by atoms with Gasteiger partial charge in [-0.05, 0) is 35.5 Å². The van der Waals surface area contributed by atoms with Crippen molar-refractivity contribution >= 4 is 62.7 Å². The lowest BCUT2D eigenvalue weighted by atomic mass is 9.47. The lowest BCUT2D eigenvalue weighted by molar-refractivity contribution is -0.0554. The summed E-state index contributed by atoms with van der Waals surface area (Å²) in [5, 5.41) is 48.0. The number of hydroxylamine groups is 4. The molecule has 0 aliphatic carbocycles.